The van der Waals surface area contributed by atoms with E-state index in [2.05, 4.69) is 12.2 Å². The second-order valence-corrected chi connectivity index (χ2v) is 4.03. The molecule has 0 aliphatic rings. The van der Waals surface area contributed by atoms with E-state index < -0.39 is 6.23 Å². The Balaban J connectivity index is 2.20. The molecule has 0 aliphatic heterocycles. The van der Waals surface area contributed by atoms with Crippen molar-refractivity contribution >= 4 is 0 Å². The fourth-order valence-electron chi connectivity index (χ4n) is 1.51. The van der Waals surface area contributed by atoms with Gasteiger partial charge in [-0.25, -0.2) is 0 Å². The third kappa shape index (κ3) is 5.14. The lowest BCUT2D eigenvalue weighted by Crippen LogP contribution is -2.29. The summed E-state index contributed by atoms with van der Waals surface area (Å²) in [5.41, 5.74) is 1.13. The molecule has 0 fully saturated rings. The average Bonchev–Trinajstić information content (AvgIpc) is 2.29. The number of aryl methyl sites for hydroxylation is 1. The molecule has 1 aromatic rings. The van der Waals surface area contributed by atoms with Crippen molar-refractivity contribution in [2.75, 3.05) is 6.54 Å². The van der Waals surface area contributed by atoms with Crippen LogP contribution in [0.2, 0.25) is 0 Å². The van der Waals surface area contributed by atoms with Crippen LogP contribution in [0.3, 0.4) is 0 Å². The number of rotatable bonds is 7. The lowest BCUT2D eigenvalue weighted by Gasteiger charge is -2.12. The molecule has 0 bridgehead atoms. The van der Waals surface area contributed by atoms with Gasteiger partial charge in [0.05, 0.1) is 0 Å². The number of hydrogen-bond acceptors (Lipinski definition) is 3. The van der Waals surface area contributed by atoms with Gasteiger partial charge in [-0.2, -0.15) is 0 Å². The SMILES string of the molecule is CCCCNC(O)CCc1ccc(O)cc1. The molecule has 3 heteroatoms. The Kier molecular flexibility index (Phi) is 5.90. The van der Waals surface area contributed by atoms with Gasteiger partial charge in [0.15, 0.2) is 0 Å². The van der Waals surface area contributed by atoms with Crippen LogP contribution in [0, 0.1) is 0 Å². The van der Waals surface area contributed by atoms with Crippen LogP contribution in [0.15, 0.2) is 24.3 Å². The van der Waals surface area contributed by atoms with Crippen LogP contribution in [0.5, 0.6) is 5.75 Å². The van der Waals surface area contributed by atoms with E-state index in [9.17, 15) is 5.11 Å². The maximum Gasteiger partial charge on any atom is 0.115 e. The third-order valence-corrected chi connectivity index (χ3v) is 2.55. The van der Waals surface area contributed by atoms with Crippen LogP contribution >= 0.6 is 0 Å². The van der Waals surface area contributed by atoms with Crippen LogP contribution in [0.25, 0.3) is 0 Å². The fourth-order valence-corrected chi connectivity index (χ4v) is 1.51. The van der Waals surface area contributed by atoms with Gasteiger partial charge in [-0.1, -0.05) is 25.5 Å². The van der Waals surface area contributed by atoms with Crippen LogP contribution in [-0.2, 0) is 6.42 Å². The van der Waals surface area contributed by atoms with E-state index in [1.807, 2.05) is 12.1 Å². The molecule has 90 valence electrons. The summed E-state index contributed by atoms with van der Waals surface area (Å²) in [6, 6.07) is 7.11. The number of phenols is 1. The summed E-state index contributed by atoms with van der Waals surface area (Å²) >= 11 is 0. The predicted molar refractivity (Wildman–Crippen MR) is 65.3 cm³/mol. The van der Waals surface area contributed by atoms with Crippen molar-refractivity contribution in [1.82, 2.24) is 5.32 Å². The minimum Gasteiger partial charge on any atom is -0.508 e. The number of phenolic OH excluding ortho intramolecular Hbond substituents is 1. The fraction of sp³-hybridized carbons (Fsp3) is 0.538. The maximum absolute atomic E-state index is 9.63. The van der Waals surface area contributed by atoms with Crippen molar-refractivity contribution < 1.29 is 10.2 Å². The lowest BCUT2D eigenvalue weighted by atomic mass is 10.1. The topological polar surface area (TPSA) is 52.5 Å². The largest absolute Gasteiger partial charge is 0.508 e. The van der Waals surface area contributed by atoms with Gasteiger partial charge in [0.25, 0.3) is 0 Å². The van der Waals surface area contributed by atoms with Gasteiger partial charge < -0.3 is 10.2 Å². The number of nitrogens with one attached hydrogen (secondary N) is 1. The molecule has 0 aliphatic carbocycles. The molecule has 0 heterocycles. The molecule has 0 radical (unpaired) electrons. The van der Waals surface area contributed by atoms with E-state index in [4.69, 9.17) is 5.11 Å². The van der Waals surface area contributed by atoms with Crippen LogP contribution in [0.1, 0.15) is 31.7 Å². The van der Waals surface area contributed by atoms with Crippen molar-refractivity contribution in [2.45, 2.75) is 38.8 Å². The Morgan fingerprint density at radius 2 is 1.94 bits per heavy atom. The van der Waals surface area contributed by atoms with Crippen molar-refractivity contribution in [3.8, 4) is 5.75 Å². The Morgan fingerprint density at radius 3 is 2.56 bits per heavy atom. The first-order valence-corrected chi connectivity index (χ1v) is 5.91. The zero-order valence-electron chi connectivity index (χ0n) is 9.82. The van der Waals surface area contributed by atoms with E-state index in [1.165, 1.54) is 0 Å². The van der Waals surface area contributed by atoms with E-state index in [1.54, 1.807) is 12.1 Å². The van der Waals surface area contributed by atoms with Gasteiger partial charge in [0.1, 0.15) is 12.0 Å². The Bertz CT molecular complexity index is 284. The quantitative estimate of drug-likeness (QED) is 0.490. The number of aromatic hydroxyl groups is 1. The summed E-state index contributed by atoms with van der Waals surface area (Å²) in [5.74, 6) is 0.283. The first-order valence-electron chi connectivity index (χ1n) is 5.91. The van der Waals surface area contributed by atoms with E-state index in [0.717, 1.165) is 31.4 Å². The van der Waals surface area contributed by atoms with Crippen molar-refractivity contribution in [1.29, 1.82) is 0 Å². The van der Waals surface area contributed by atoms with E-state index in [0.29, 0.717) is 6.42 Å². The number of aliphatic hydroxyl groups excluding tert-OH is 1. The van der Waals surface area contributed by atoms with Crippen molar-refractivity contribution in [3.63, 3.8) is 0 Å². The molecule has 3 N–H and O–H groups in total. The highest BCUT2D eigenvalue weighted by molar-refractivity contribution is 5.25. The van der Waals surface area contributed by atoms with Gasteiger partial charge in [0, 0.05) is 0 Å². The maximum atomic E-state index is 9.63. The Hall–Kier alpha value is -1.06. The van der Waals surface area contributed by atoms with Gasteiger partial charge in [0.2, 0.25) is 0 Å². The summed E-state index contributed by atoms with van der Waals surface area (Å²) in [5, 5.41) is 21.8. The molecule has 0 amide bonds. The number of benzene rings is 1. The number of aliphatic hydroxyl groups is 1. The molecule has 1 rings (SSSR count). The predicted octanol–water partition coefficient (Wildman–Crippen LogP) is 2.03. The Morgan fingerprint density at radius 1 is 1.25 bits per heavy atom. The summed E-state index contributed by atoms with van der Waals surface area (Å²) < 4.78 is 0. The van der Waals surface area contributed by atoms with Crippen molar-refractivity contribution in [3.05, 3.63) is 29.8 Å². The average molecular weight is 223 g/mol. The molecular formula is C13H21NO2. The zero-order valence-corrected chi connectivity index (χ0v) is 9.82. The molecular weight excluding hydrogens is 202 g/mol. The van der Waals surface area contributed by atoms with Gasteiger partial charge in [-0.3, -0.25) is 5.32 Å². The molecule has 0 saturated heterocycles. The Labute approximate surface area is 97.1 Å². The molecule has 0 aromatic heterocycles. The van der Waals surface area contributed by atoms with Crippen molar-refractivity contribution in [2.24, 2.45) is 0 Å². The molecule has 1 unspecified atom stereocenters. The summed E-state index contributed by atoms with van der Waals surface area (Å²) in [4.78, 5) is 0. The number of unbranched alkanes of at least 4 members (excludes halogenated alkanes) is 1. The van der Waals surface area contributed by atoms with Crippen LogP contribution in [-0.4, -0.2) is 23.0 Å². The summed E-state index contributed by atoms with van der Waals surface area (Å²) in [6.45, 7) is 3.00. The third-order valence-electron chi connectivity index (χ3n) is 2.55. The molecule has 16 heavy (non-hydrogen) atoms. The van der Waals surface area contributed by atoms with Gasteiger partial charge in [-0.05, 0) is 43.5 Å². The molecule has 3 nitrogen and oxygen atoms in total. The van der Waals surface area contributed by atoms with Crippen LogP contribution < -0.4 is 5.32 Å². The van der Waals surface area contributed by atoms with Gasteiger partial charge >= 0.3 is 0 Å². The molecule has 1 aromatic carbocycles. The normalized spacial score (nSPS) is 12.6. The monoisotopic (exact) mass is 223 g/mol. The summed E-state index contributed by atoms with van der Waals surface area (Å²) in [7, 11) is 0. The highest BCUT2D eigenvalue weighted by Gasteiger charge is 2.02. The highest BCUT2D eigenvalue weighted by Crippen LogP contribution is 2.11. The lowest BCUT2D eigenvalue weighted by molar-refractivity contribution is 0.128. The highest BCUT2D eigenvalue weighted by atomic mass is 16.3. The first-order chi connectivity index (χ1) is 7.72. The minimum absolute atomic E-state index is 0.283. The second kappa shape index (κ2) is 7.25. The smallest absolute Gasteiger partial charge is 0.115 e. The van der Waals surface area contributed by atoms with Gasteiger partial charge in [-0.15, -0.1) is 0 Å². The van der Waals surface area contributed by atoms with E-state index in [-0.39, 0.29) is 5.75 Å². The molecule has 0 saturated carbocycles. The zero-order chi connectivity index (χ0) is 11.8. The van der Waals surface area contributed by atoms with Crippen LogP contribution in [0.4, 0.5) is 0 Å². The molecule has 0 spiro atoms. The second-order valence-electron chi connectivity index (χ2n) is 4.03. The minimum atomic E-state index is -0.430. The molecule has 1 atom stereocenters. The standard InChI is InChI=1S/C13H21NO2/c1-2-3-10-14-13(16)9-6-11-4-7-12(15)8-5-11/h4-5,7-8,13-16H,2-3,6,9-10H2,1H3. The van der Waals surface area contributed by atoms with E-state index >= 15 is 0 Å². The number of hydrogen-bond donors (Lipinski definition) is 3. The summed E-state index contributed by atoms with van der Waals surface area (Å²) in [6.07, 6.45) is 3.32. The first kappa shape index (κ1) is 13.0.